The van der Waals surface area contributed by atoms with Gasteiger partial charge in [-0.2, -0.15) is 0 Å². The van der Waals surface area contributed by atoms with Crippen molar-refractivity contribution in [2.45, 2.75) is 25.1 Å². The summed E-state index contributed by atoms with van der Waals surface area (Å²) < 4.78 is 5.44. The van der Waals surface area contributed by atoms with Crippen LogP contribution >= 0.6 is 11.6 Å². The zero-order chi connectivity index (χ0) is 14.3. The summed E-state index contributed by atoms with van der Waals surface area (Å²) in [6.07, 6.45) is 2.95. The Hall–Kier alpha value is -1.74. The van der Waals surface area contributed by atoms with Crippen molar-refractivity contribution in [2.75, 3.05) is 11.9 Å². The second-order valence-electron chi connectivity index (χ2n) is 5.03. The lowest BCUT2D eigenvalue weighted by atomic mass is 10.0. The molecule has 20 heavy (non-hydrogen) atoms. The van der Waals surface area contributed by atoms with Crippen molar-refractivity contribution in [3.63, 3.8) is 0 Å². The van der Waals surface area contributed by atoms with Gasteiger partial charge in [-0.3, -0.25) is 4.79 Å². The van der Waals surface area contributed by atoms with E-state index in [1.165, 1.54) is 0 Å². The van der Waals surface area contributed by atoms with Crippen molar-refractivity contribution < 1.29 is 9.21 Å². The van der Waals surface area contributed by atoms with Gasteiger partial charge in [-0.25, -0.2) is 0 Å². The molecule has 0 bridgehead atoms. The summed E-state index contributed by atoms with van der Waals surface area (Å²) in [6, 6.07) is 7.90. The molecule has 0 N–H and O–H groups in total. The van der Waals surface area contributed by atoms with E-state index in [1.54, 1.807) is 18.2 Å². The van der Waals surface area contributed by atoms with Gasteiger partial charge in [0.15, 0.2) is 0 Å². The van der Waals surface area contributed by atoms with Crippen molar-refractivity contribution in [3.8, 4) is 0 Å². The molecule has 1 atom stereocenters. The number of aryl methyl sites for hydroxylation is 1. The summed E-state index contributed by atoms with van der Waals surface area (Å²) in [5.41, 5.74) is 4.03. The van der Waals surface area contributed by atoms with E-state index in [-0.39, 0.29) is 11.3 Å². The van der Waals surface area contributed by atoms with Gasteiger partial charge >= 0.3 is 0 Å². The van der Waals surface area contributed by atoms with E-state index in [2.05, 4.69) is 0 Å². The highest BCUT2D eigenvalue weighted by atomic mass is 35.5. The molecular formula is C16H16ClNO2. The molecule has 2 aromatic rings. The van der Waals surface area contributed by atoms with Gasteiger partial charge in [0.1, 0.15) is 5.76 Å². The van der Waals surface area contributed by atoms with Gasteiger partial charge in [0.05, 0.1) is 18.1 Å². The summed E-state index contributed by atoms with van der Waals surface area (Å²) in [6.45, 7) is 2.04. The number of nitrogens with zero attached hydrogens (tertiary/aromatic N) is 1. The Morgan fingerprint density at radius 3 is 2.95 bits per heavy atom. The highest BCUT2D eigenvalue weighted by molar-refractivity contribution is 6.22. The van der Waals surface area contributed by atoms with Gasteiger partial charge in [0.25, 0.3) is 0 Å². The van der Waals surface area contributed by atoms with Crippen LogP contribution in [0.25, 0.3) is 0 Å². The molecule has 0 fully saturated rings. The Bertz CT molecular complexity index is 662. The standard InChI is InChI=1S/C16H16ClNO2/c1-3-14-12(6-7-20-14)16(17)10-4-5-13-11(8-10)9-15(19)18(13)2/h4-8,16H,3,9H2,1-2H3. The number of hydrogen-bond acceptors (Lipinski definition) is 2. The number of hydrogen-bond donors (Lipinski definition) is 0. The van der Waals surface area contributed by atoms with Gasteiger partial charge in [-0.1, -0.05) is 19.1 Å². The zero-order valence-corrected chi connectivity index (χ0v) is 12.3. The van der Waals surface area contributed by atoms with Crippen LogP contribution in [0.15, 0.2) is 34.9 Å². The SMILES string of the molecule is CCc1occc1C(Cl)c1ccc2c(c1)CC(=O)N2C. The fourth-order valence-electron chi connectivity index (χ4n) is 2.69. The molecule has 1 aromatic heterocycles. The van der Waals surface area contributed by atoms with Crippen LogP contribution in [0.4, 0.5) is 5.69 Å². The van der Waals surface area contributed by atoms with Crippen LogP contribution < -0.4 is 4.90 Å². The average molecular weight is 290 g/mol. The molecule has 2 heterocycles. The Morgan fingerprint density at radius 1 is 1.40 bits per heavy atom. The van der Waals surface area contributed by atoms with Crippen LogP contribution in [0.3, 0.4) is 0 Å². The van der Waals surface area contributed by atoms with Crippen molar-refractivity contribution in [3.05, 3.63) is 53.0 Å². The number of halogens is 1. The maximum atomic E-state index is 11.7. The maximum Gasteiger partial charge on any atom is 0.231 e. The van der Waals surface area contributed by atoms with Crippen LogP contribution in [0.1, 0.15) is 34.8 Å². The van der Waals surface area contributed by atoms with Crippen LogP contribution in [-0.4, -0.2) is 13.0 Å². The van der Waals surface area contributed by atoms with E-state index in [9.17, 15) is 4.79 Å². The molecule has 3 nitrogen and oxygen atoms in total. The maximum absolute atomic E-state index is 11.7. The lowest BCUT2D eigenvalue weighted by molar-refractivity contribution is -0.117. The van der Waals surface area contributed by atoms with Gasteiger partial charge in [-0.15, -0.1) is 11.6 Å². The number of carbonyl (C=O) groups excluding carboxylic acids is 1. The molecule has 0 saturated carbocycles. The predicted octanol–water partition coefficient (Wildman–Crippen LogP) is 3.69. The number of carbonyl (C=O) groups is 1. The van der Waals surface area contributed by atoms with E-state index < -0.39 is 0 Å². The molecule has 1 unspecified atom stereocenters. The Kier molecular flexibility index (Phi) is 3.30. The molecule has 3 rings (SSSR count). The monoisotopic (exact) mass is 289 g/mol. The first kappa shape index (κ1) is 13.3. The Morgan fingerprint density at radius 2 is 2.20 bits per heavy atom. The second kappa shape index (κ2) is 4.98. The third kappa shape index (κ3) is 2.02. The minimum absolute atomic E-state index is 0.126. The van der Waals surface area contributed by atoms with Crippen molar-refractivity contribution >= 4 is 23.2 Å². The third-order valence-electron chi connectivity index (χ3n) is 3.85. The molecular weight excluding hydrogens is 274 g/mol. The number of furan rings is 1. The lowest BCUT2D eigenvalue weighted by Gasteiger charge is -2.13. The minimum atomic E-state index is -0.241. The second-order valence-corrected chi connectivity index (χ2v) is 5.47. The largest absolute Gasteiger partial charge is 0.469 e. The quantitative estimate of drug-likeness (QED) is 0.808. The molecule has 0 spiro atoms. The van der Waals surface area contributed by atoms with Gasteiger partial charge in [0.2, 0.25) is 5.91 Å². The summed E-state index contributed by atoms with van der Waals surface area (Å²) in [5, 5.41) is -0.241. The van der Waals surface area contributed by atoms with Gasteiger partial charge in [-0.05, 0) is 23.3 Å². The van der Waals surface area contributed by atoms with Crippen LogP contribution in [0, 0.1) is 0 Å². The normalized spacial score (nSPS) is 15.6. The number of alkyl halides is 1. The molecule has 1 amide bonds. The summed E-state index contributed by atoms with van der Waals surface area (Å²) >= 11 is 6.57. The molecule has 0 saturated heterocycles. The molecule has 4 heteroatoms. The average Bonchev–Trinajstić information content (AvgIpc) is 3.03. The van der Waals surface area contributed by atoms with Crippen LogP contribution in [-0.2, 0) is 17.6 Å². The molecule has 104 valence electrons. The fraction of sp³-hybridized carbons (Fsp3) is 0.312. The number of anilines is 1. The zero-order valence-electron chi connectivity index (χ0n) is 11.5. The van der Waals surface area contributed by atoms with Crippen molar-refractivity contribution in [1.82, 2.24) is 0 Å². The van der Waals surface area contributed by atoms with Crippen LogP contribution in [0.2, 0.25) is 0 Å². The van der Waals surface area contributed by atoms with E-state index in [1.807, 2.05) is 31.2 Å². The molecule has 1 aliphatic heterocycles. The molecule has 0 radical (unpaired) electrons. The first-order valence-corrected chi connectivity index (χ1v) is 7.15. The van der Waals surface area contributed by atoms with Crippen LogP contribution in [0.5, 0.6) is 0 Å². The number of benzene rings is 1. The predicted molar refractivity (Wildman–Crippen MR) is 79.3 cm³/mol. The van der Waals surface area contributed by atoms with E-state index in [0.29, 0.717) is 6.42 Å². The number of rotatable bonds is 3. The van der Waals surface area contributed by atoms with Gasteiger partial charge < -0.3 is 9.32 Å². The summed E-state index contributed by atoms with van der Waals surface area (Å²) in [7, 11) is 1.80. The Balaban J connectivity index is 1.96. The van der Waals surface area contributed by atoms with E-state index in [4.69, 9.17) is 16.0 Å². The topological polar surface area (TPSA) is 33.5 Å². The first-order valence-electron chi connectivity index (χ1n) is 6.71. The number of likely N-dealkylation sites (N-methyl/N-ethyl adjacent to an activating group) is 1. The van der Waals surface area contributed by atoms with E-state index in [0.717, 1.165) is 34.6 Å². The summed E-state index contributed by atoms with van der Waals surface area (Å²) in [4.78, 5) is 13.4. The van der Waals surface area contributed by atoms with Gasteiger partial charge in [0, 0.05) is 24.7 Å². The van der Waals surface area contributed by atoms with Crippen molar-refractivity contribution in [1.29, 1.82) is 0 Å². The first-order chi connectivity index (χ1) is 9.61. The summed E-state index contributed by atoms with van der Waals surface area (Å²) in [5.74, 6) is 1.04. The highest BCUT2D eigenvalue weighted by Gasteiger charge is 2.25. The number of fused-ring (bicyclic) bond motifs is 1. The van der Waals surface area contributed by atoms with E-state index >= 15 is 0 Å². The van der Waals surface area contributed by atoms with Crippen molar-refractivity contribution in [2.24, 2.45) is 0 Å². The number of amides is 1. The molecule has 1 aromatic carbocycles. The molecule has 0 aliphatic carbocycles. The molecule has 1 aliphatic rings. The highest BCUT2D eigenvalue weighted by Crippen LogP contribution is 2.36. The Labute approximate surface area is 123 Å². The third-order valence-corrected chi connectivity index (χ3v) is 4.33. The minimum Gasteiger partial charge on any atom is -0.469 e. The fourth-order valence-corrected chi connectivity index (χ4v) is 3.02. The lowest BCUT2D eigenvalue weighted by Crippen LogP contribution is -2.20. The smallest absolute Gasteiger partial charge is 0.231 e.